The van der Waals surface area contributed by atoms with Crippen molar-refractivity contribution in [3.05, 3.63) is 0 Å². The van der Waals surface area contributed by atoms with Gasteiger partial charge in [0.05, 0.1) is 0 Å². The third-order valence-electron chi connectivity index (χ3n) is 12.4. The maximum Gasteiger partial charge on any atom is 0.220 e. The molecule has 1 heterocycles. The first kappa shape index (κ1) is 52.8. The fourth-order valence-corrected chi connectivity index (χ4v) is 8.67. The molecular weight excluding hydrogens is 693 g/mol. The lowest BCUT2D eigenvalue weighted by atomic mass is 9.92. The van der Waals surface area contributed by atoms with E-state index in [1.165, 1.54) is 141 Å². The lowest BCUT2D eigenvalue weighted by Crippen LogP contribution is -2.47. The largest absolute Gasteiger partial charge is 0.356 e. The second kappa shape index (κ2) is 40.6. The predicted octanol–water partition coefficient (Wildman–Crippen LogP) is 10.5. The van der Waals surface area contributed by atoms with Crippen molar-refractivity contribution in [2.45, 2.75) is 219 Å². The Kier molecular flexibility index (Phi) is 38.2. The molecule has 0 radical (unpaired) electrons. The molecule has 1 aliphatic heterocycles. The summed E-state index contributed by atoms with van der Waals surface area (Å²) in [5.41, 5.74) is 11.6. The number of rotatable bonds is 42. The van der Waals surface area contributed by atoms with E-state index < -0.39 is 0 Å². The van der Waals surface area contributed by atoms with Gasteiger partial charge < -0.3 is 31.9 Å². The molecule has 0 aromatic carbocycles. The Hall–Kier alpha value is -1.22. The molecule has 2 unspecified atom stereocenters. The van der Waals surface area contributed by atoms with Crippen molar-refractivity contribution < 1.29 is 9.59 Å². The van der Waals surface area contributed by atoms with Crippen LogP contribution in [0.25, 0.3) is 0 Å². The van der Waals surface area contributed by atoms with Crippen molar-refractivity contribution in [2.24, 2.45) is 23.3 Å². The molecule has 0 aromatic heterocycles. The summed E-state index contributed by atoms with van der Waals surface area (Å²) in [6.45, 7) is 14.0. The smallest absolute Gasteiger partial charge is 0.220 e. The molecule has 1 rings (SSSR count). The summed E-state index contributed by atoms with van der Waals surface area (Å²) in [7, 11) is 0. The van der Waals surface area contributed by atoms with Crippen LogP contribution in [-0.4, -0.2) is 87.1 Å². The van der Waals surface area contributed by atoms with Gasteiger partial charge in [0.25, 0.3) is 0 Å². The van der Waals surface area contributed by atoms with E-state index in [-0.39, 0.29) is 11.8 Å². The van der Waals surface area contributed by atoms with Gasteiger partial charge in [-0.3, -0.25) is 9.59 Å². The number of nitrogens with one attached hydrogen (secondary N) is 2. The highest BCUT2D eigenvalue weighted by molar-refractivity contribution is 5.76. The summed E-state index contributed by atoms with van der Waals surface area (Å²) in [5, 5.41) is 6.45. The number of carbonyl (C=O) groups excluding carboxylic acids is 2. The van der Waals surface area contributed by atoms with Crippen LogP contribution < -0.4 is 22.1 Å². The molecule has 1 fully saturated rings. The number of hydrogen-bond donors (Lipinski definition) is 4. The van der Waals surface area contributed by atoms with Crippen LogP contribution in [0.5, 0.6) is 0 Å². The Morgan fingerprint density at radius 2 is 0.714 bits per heavy atom. The van der Waals surface area contributed by atoms with Crippen LogP contribution in [0.15, 0.2) is 0 Å². The lowest BCUT2D eigenvalue weighted by molar-refractivity contribution is -0.123. The van der Waals surface area contributed by atoms with E-state index in [1.54, 1.807) is 0 Å². The van der Waals surface area contributed by atoms with Crippen LogP contribution in [-0.2, 0) is 9.59 Å². The van der Waals surface area contributed by atoms with Crippen molar-refractivity contribution in [1.29, 1.82) is 0 Å². The molecule has 1 saturated heterocycles. The molecule has 56 heavy (non-hydrogen) atoms. The van der Waals surface area contributed by atoms with Gasteiger partial charge in [0, 0.05) is 52.1 Å². The quantitative estimate of drug-likeness (QED) is 0.0458. The Balaban J connectivity index is 2.10. The normalized spacial score (nSPS) is 14.9. The number of nitrogens with zero attached hydrogens (tertiary/aromatic N) is 2. The first-order valence-corrected chi connectivity index (χ1v) is 24.9. The van der Waals surface area contributed by atoms with E-state index in [1.807, 2.05) is 0 Å². The maximum absolute atomic E-state index is 12.8. The van der Waals surface area contributed by atoms with Crippen molar-refractivity contribution in [3.8, 4) is 0 Å². The van der Waals surface area contributed by atoms with Gasteiger partial charge in [0.15, 0.2) is 0 Å². The standard InChI is InChI=1S/C48H98N6O2/c1-3-5-7-9-11-13-15-17-19-21-23-29-45(31-25-33-49)43-47(55)51-35-27-37-53-39-41-54(42-40-53)38-28-36-52-48(56)44-46(32-26-34-50)30-24-22-20-18-16-14-12-10-8-6-4-2/h45-46H,3-44,49-50H2,1-2H3,(H,51,55)(H,52,56). The van der Waals surface area contributed by atoms with Crippen molar-refractivity contribution >= 4 is 11.8 Å². The minimum absolute atomic E-state index is 0.224. The van der Waals surface area contributed by atoms with E-state index in [0.29, 0.717) is 24.7 Å². The topological polar surface area (TPSA) is 117 Å². The lowest BCUT2D eigenvalue weighted by Gasteiger charge is -2.34. The number of hydrogen-bond acceptors (Lipinski definition) is 6. The molecule has 8 nitrogen and oxygen atoms in total. The Bertz CT molecular complexity index is 784. The fourth-order valence-electron chi connectivity index (χ4n) is 8.67. The van der Waals surface area contributed by atoms with E-state index in [0.717, 1.165) is 117 Å². The zero-order valence-corrected chi connectivity index (χ0v) is 37.7. The summed E-state index contributed by atoms with van der Waals surface area (Å²) in [6, 6.07) is 0. The summed E-state index contributed by atoms with van der Waals surface area (Å²) in [4.78, 5) is 30.7. The number of piperazine rings is 1. The second-order valence-corrected chi connectivity index (χ2v) is 17.7. The average Bonchev–Trinajstić information content (AvgIpc) is 3.20. The molecule has 8 heteroatoms. The number of carbonyl (C=O) groups is 2. The van der Waals surface area contributed by atoms with Crippen molar-refractivity contribution in [1.82, 2.24) is 20.4 Å². The Morgan fingerprint density at radius 3 is 1.02 bits per heavy atom. The second-order valence-electron chi connectivity index (χ2n) is 17.7. The van der Waals surface area contributed by atoms with Crippen molar-refractivity contribution in [3.63, 3.8) is 0 Å². The number of amides is 2. The summed E-state index contributed by atoms with van der Waals surface area (Å²) in [5.74, 6) is 1.39. The molecule has 0 aliphatic carbocycles. The number of unbranched alkanes of at least 4 members (excludes halogenated alkanes) is 20. The number of nitrogens with two attached hydrogens (primary N) is 2. The highest BCUT2D eigenvalue weighted by Gasteiger charge is 2.18. The molecule has 6 N–H and O–H groups in total. The van der Waals surface area contributed by atoms with E-state index in [4.69, 9.17) is 11.5 Å². The Morgan fingerprint density at radius 1 is 0.429 bits per heavy atom. The van der Waals surface area contributed by atoms with Gasteiger partial charge in [-0.1, -0.05) is 155 Å². The molecule has 0 spiro atoms. The molecule has 332 valence electrons. The van der Waals surface area contributed by atoms with Crippen LogP contribution in [0.3, 0.4) is 0 Å². The van der Waals surface area contributed by atoms with Gasteiger partial charge in [0.1, 0.15) is 0 Å². The SMILES string of the molecule is CCCCCCCCCCCCCC(CCCN)CC(=O)NCCCN1CCN(CCCNC(=O)CC(CCCN)CCCCCCCCCCCCC)CC1. The van der Waals surface area contributed by atoms with E-state index in [9.17, 15) is 9.59 Å². The molecule has 0 aromatic rings. The van der Waals surface area contributed by atoms with Gasteiger partial charge in [-0.25, -0.2) is 0 Å². The van der Waals surface area contributed by atoms with Crippen LogP contribution >= 0.6 is 0 Å². The summed E-state index contributed by atoms with van der Waals surface area (Å²) >= 11 is 0. The molecule has 2 amide bonds. The van der Waals surface area contributed by atoms with Crippen LogP contribution in [0.4, 0.5) is 0 Å². The molecule has 0 saturated carbocycles. The average molecular weight is 791 g/mol. The van der Waals surface area contributed by atoms with Crippen molar-refractivity contribution in [2.75, 3.05) is 65.4 Å². The molecule has 1 aliphatic rings. The molecular formula is C48H98N6O2. The Labute approximate surface area is 349 Å². The fraction of sp³-hybridized carbons (Fsp3) is 0.958. The van der Waals surface area contributed by atoms with Gasteiger partial charge in [-0.2, -0.15) is 0 Å². The van der Waals surface area contributed by atoms with Gasteiger partial charge in [-0.15, -0.1) is 0 Å². The molecule has 2 atom stereocenters. The zero-order valence-electron chi connectivity index (χ0n) is 37.7. The predicted molar refractivity (Wildman–Crippen MR) is 243 cm³/mol. The zero-order chi connectivity index (χ0) is 40.6. The minimum Gasteiger partial charge on any atom is -0.356 e. The molecule has 0 bridgehead atoms. The van der Waals surface area contributed by atoms with Crippen LogP contribution in [0.2, 0.25) is 0 Å². The van der Waals surface area contributed by atoms with Gasteiger partial charge in [0.2, 0.25) is 11.8 Å². The third kappa shape index (κ3) is 33.7. The van der Waals surface area contributed by atoms with E-state index >= 15 is 0 Å². The third-order valence-corrected chi connectivity index (χ3v) is 12.4. The maximum atomic E-state index is 12.8. The van der Waals surface area contributed by atoms with E-state index in [2.05, 4.69) is 34.3 Å². The summed E-state index contributed by atoms with van der Waals surface area (Å²) < 4.78 is 0. The highest BCUT2D eigenvalue weighted by Crippen LogP contribution is 2.22. The first-order valence-electron chi connectivity index (χ1n) is 24.9. The van der Waals surface area contributed by atoms with Crippen LogP contribution in [0, 0.1) is 11.8 Å². The highest BCUT2D eigenvalue weighted by atomic mass is 16.2. The van der Waals surface area contributed by atoms with Crippen LogP contribution in [0.1, 0.15) is 219 Å². The van der Waals surface area contributed by atoms with Gasteiger partial charge >= 0.3 is 0 Å². The minimum atomic E-state index is 0.224. The summed E-state index contributed by atoms with van der Waals surface area (Å²) in [6.07, 6.45) is 39.9. The first-order chi connectivity index (χ1) is 27.5. The van der Waals surface area contributed by atoms with Gasteiger partial charge in [-0.05, 0) is 89.4 Å². The monoisotopic (exact) mass is 791 g/mol.